The fraction of sp³-hybridized carbons (Fsp3) is 0.500. The SMILES string of the molecule is Cc1ccc(C(=O)N2CCCC2Cn2nc3c(cc2=O)CCC3)s1. The lowest BCUT2D eigenvalue weighted by Crippen LogP contribution is -2.40. The number of rotatable bonds is 3. The van der Waals surface area contributed by atoms with Crippen molar-refractivity contribution in [3.63, 3.8) is 0 Å². The second kappa shape index (κ2) is 6.16. The zero-order valence-electron chi connectivity index (χ0n) is 13.8. The standard InChI is InChI=1S/C18H21N3O2S/c1-12-7-8-16(24-12)18(23)20-9-3-5-14(20)11-21-17(22)10-13-4-2-6-15(13)19-21/h7-8,10,14H,2-6,9,11H2,1H3. The fourth-order valence-electron chi connectivity index (χ4n) is 3.75. The number of amides is 1. The van der Waals surface area contributed by atoms with Crippen molar-refractivity contribution >= 4 is 17.2 Å². The molecule has 24 heavy (non-hydrogen) atoms. The summed E-state index contributed by atoms with van der Waals surface area (Å²) in [6.45, 7) is 3.28. The first-order chi connectivity index (χ1) is 11.6. The smallest absolute Gasteiger partial charge is 0.267 e. The molecule has 126 valence electrons. The summed E-state index contributed by atoms with van der Waals surface area (Å²) in [4.78, 5) is 28.9. The molecule has 0 N–H and O–H groups in total. The molecule has 5 nitrogen and oxygen atoms in total. The molecule has 1 unspecified atom stereocenters. The molecular weight excluding hydrogens is 322 g/mol. The highest BCUT2D eigenvalue weighted by molar-refractivity contribution is 7.13. The Labute approximate surface area is 144 Å². The van der Waals surface area contributed by atoms with Gasteiger partial charge in [0.25, 0.3) is 11.5 Å². The van der Waals surface area contributed by atoms with Gasteiger partial charge in [-0.2, -0.15) is 5.10 Å². The Morgan fingerprint density at radius 1 is 1.33 bits per heavy atom. The molecule has 2 aromatic rings. The van der Waals surface area contributed by atoms with E-state index in [0.29, 0.717) is 6.54 Å². The van der Waals surface area contributed by atoms with Crippen LogP contribution in [0.1, 0.15) is 45.1 Å². The van der Waals surface area contributed by atoms with E-state index >= 15 is 0 Å². The lowest BCUT2D eigenvalue weighted by atomic mass is 10.2. The molecule has 3 heterocycles. The number of likely N-dealkylation sites (tertiary alicyclic amines) is 1. The Kier molecular flexibility index (Phi) is 4.00. The van der Waals surface area contributed by atoms with Crippen LogP contribution in [0, 0.1) is 6.92 Å². The van der Waals surface area contributed by atoms with Crippen molar-refractivity contribution in [1.82, 2.24) is 14.7 Å². The van der Waals surface area contributed by atoms with Gasteiger partial charge in [-0.05, 0) is 56.7 Å². The fourth-order valence-corrected chi connectivity index (χ4v) is 4.58. The van der Waals surface area contributed by atoms with Gasteiger partial charge in [0.15, 0.2) is 0 Å². The maximum absolute atomic E-state index is 12.8. The summed E-state index contributed by atoms with van der Waals surface area (Å²) in [5, 5.41) is 4.56. The Balaban J connectivity index is 1.56. The monoisotopic (exact) mass is 343 g/mol. The Hall–Kier alpha value is -1.95. The van der Waals surface area contributed by atoms with Gasteiger partial charge in [-0.25, -0.2) is 4.68 Å². The molecule has 2 aliphatic rings. The number of carbonyl (C=O) groups is 1. The van der Waals surface area contributed by atoms with Gasteiger partial charge in [-0.3, -0.25) is 9.59 Å². The number of nitrogens with zero attached hydrogens (tertiary/aromatic N) is 3. The van der Waals surface area contributed by atoms with Crippen LogP contribution < -0.4 is 5.56 Å². The van der Waals surface area contributed by atoms with E-state index in [-0.39, 0.29) is 17.5 Å². The zero-order chi connectivity index (χ0) is 16.7. The number of fused-ring (bicyclic) bond motifs is 1. The van der Waals surface area contributed by atoms with Gasteiger partial charge < -0.3 is 4.90 Å². The van der Waals surface area contributed by atoms with Crippen LogP contribution in [0.5, 0.6) is 0 Å². The third kappa shape index (κ3) is 2.79. The first-order valence-electron chi connectivity index (χ1n) is 8.59. The Morgan fingerprint density at radius 3 is 3.00 bits per heavy atom. The average Bonchev–Trinajstić information content (AvgIpc) is 3.28. The third-order valence-corrected chi connectivity index (χ3v) is 5.99. The van der Waals surface area contributed by atoms with Gasteiger partial charge in [0, 0.05) is 17.5 Å². The summed E-state index contributed by atoms with van der Waals surface area (Å²) >= 11 is 1.54. The maximum Gasteiger partial charge on any atom is 0.267 e. The summed E-state index contributed by atoms with van der Waals surface area (Å²) in [5.41, 5.74) is 2.12. The van der Waals surface area contributed by atoms with Crippen LogP contribution in [-0.2, 0) is 19.4 Å². The van der Waals surface area contributed by atoms with E-state index in [4.69, 9.17) is 0 Å². The molecule has 0 bridgehead atoms. The lowest BCUT2D eigenvalue weighted by Gasteiger charge is -2.24. The summed E-state index contributed by atoms with van der Waals surface area (Å²) in [6.07, 6.45) is 4.92. The van der Waals surface area contributed by atoms with Crippen molar-refractivity contribution in [2.45, 2.75) is 51.6 Å². The van der Waals surface area contributed by atoms with Crippen molar-refractivity contribution in [3.05, 3.63) is 49.6 Å². The Morgan fingerprint density at radius 2 is 2.21 bits per heavy atom. The molecule has 1 amide bonds. The second-order valence-corrected chi connectivity index (χ2v) is 7.98. The van der Waals surface area contributed by atoms with Gasteiger partial charge in [-0.15, -0.1) is 11.3 Å². The quantitative estimate of drug-likeness (QED) is 0.860. The first-order valence-corrected chi connectivity index (χ1v) is 9.41. The molecule has 1 fully saturated rings. The predicted molar refractivity (Wildman–Crippen MR) is 93.6 cm³/mol. The van der Waals surface area contributed by atoms with E-state index < -0.39 is 0 Å². The molecule has 0 aromatic carbocycles. The number of aryl methyl sites for hydroxylation is 3. The van der Waals surface area contributed by atoms with Crippen LogP contribution in [0.15, 0.2) is 23.0 Å². The average molecular weight is 343 g/mol. The second-order valence-electron chi connectivity index (χ2n) is 6.70. The summed E-state index contributed by atoms with van der Waals surface area (Å²) in [6, 6.07) is 5.68. The van der Waals surface area contributed by atoms with E-state index in [1.807, 2.05) is 24.0 Å². The molecule has 6 heteroatoms. The molecule has 0 spiro atoms. The van der Waals surface area contributed by atoms with E-state index in [1.165, 1.54) is 11.3 Å². The normalized spacial score (nSPS) is 19.7. The number of hydrogen-bond acceptors (Lipinski definition) is 4. The number of carbonyl (C=O) groups excluding carboxylic acids is 1. The minimum atomic E-state index is -0.0399. The molecule has 1 atom stereocenters. The van der Waals surface area contributed by atoms with E-state index in [1.54, 1.807) is 10.7 Å². The molecule has 4 rings (SSSR count). The van der Waals surface area contributed by atoms with Crippen LogP contribution in [0.3, 0.4) is 0 Å². The summed E-state index contributed by atoms with van der Waals surface area (Å²) < 4.78 is 1.57. The molecule has 1 aliphatic carbocycles. The first kappa shape index (κ1) is 15.6. The number of aromatic nitrogens is 2. The third-order valence-electron chi connectivity index (χ3n) is 5.00. The molecule has 0 radical (unpaired) electrons. The largest absolute Gasteiger partial charge is 0.333 e. The van der Waals surface area contributed by atoms with Crippen LogP contribution >= 0.6 is 11.3 Å². The van der Waals surface area contributed by atoms with Gasteiger partial charge in [-0.1, -0.05) is 0 Å². The highest BCUT2D eigenvalue weighted by atomic mass is 32.1. The van der Waals surface area contributed by atoms with Gasteiger partial charge in [0.1, 0.15) is 0 Å². The minimum absolute atomic E-state index is 0.0399. The van der Waals surface area contributed by atoms with E-state index in [2.05, 4.69) is 5.10 Å². The molecule has 1 aliphatic heterocycles. The van der Waals surface area contributed by atoms with Gasteiger partial charge in [0.2, 0.25) is 0 Å². The Bertz CT molecular complexity index is 839. The van der Waals surface area contributed by atoms with Crippen molar-refractivity contribution in [3.8, 4) is 0 Å². The molecule has 0 saturated carbocycles. The summed E-state index contributed by atoms with van der Waals surface area (Å²) in [5.74, 6) is 0.0878. The maximum atomic E-state index is 12.8. The van der Waals surface area contributed by atoms with Crippen LogP contribution in [0.4, 0.5) is 0 Å². The van der Waals surface area contributed by atoms with Gasteiger partial charge in [0.05, 0.1) is 23.2 Å². The molecular formula is C18H21N3O2S. The van der Waals surface area contributed by atoms with Crippen LogP contribution in [-0.4, -0.2) is 33.2 Å². The molecule has 2 aromatic heterocycles. The van der Waals surface area contributed by atoms with E-state index in [9.17, 15) is 9.59 Å². The van der Waals surface area contributed by atoms with Crippen LogP contribution in [0.2, 0.25) is 0 Å². The predicted octanol–water partition coefficient (Wildman–Crippen LogP) is 2.41. The van der Waals surface area contributed by atoms with Crippen molar-refractivity contribution in [2.75, 3.05) is 6.54 Å². The molecule has 1 saturated heterocycles. The van der Waals surface area contributed by atoms with Crippen molar-refractivity contribution in [2.24, 2.45) is 0 Å². The minimum Gasteiger partial charge on any atom is -0.333 e. The zero-order valence-corrected chi connectivity index (χ0v) is 14.6. The highest BCUT2D eigenvalue weighted by Crippen LogP contribution is 2.25. The lowest BCUT2D eigenvalue weighted by molar-refractivity contribution is 0.0725. The van der Waals surface area contributed by atoms with Crippen LogP contribution in [0.25, 0.3) is 0 Å². The summed E-state index contributed by atoms with van der Waals surface area (Å²) in [7, 11) is 0. The van der Waals surface area contributed by atoms with Gasteiger partial charge >= 0.3 is 0 Å². The van der Waals surface area contributed by atoms with E-state index in [0.717, 1.165) is 59.7 Å². The van der Waals surface area contributed by atoms with Crippen molar-refractivity contribution < 1.29 is 4.79 Å². The number of hydrogen-bond donors (Lipinski definition) is 0. The number of thiophene rings is 1. The van der Waals surface area contributed by atoms with Crippen molar-refractivity contribution in [1.29, 1.82) is 0 Å². The highest BCUT2D eigenvalue weighted by Gasteiger charge is 2.31. The topological polar surface area (TPSA) is 55.2 Å².